The van der Waals surface area contributed by atoms with Crippen molar-refractivity contribution in [2.24, 2.45) is 11.8 Å². The van der Waals surface area contributed by atoms with E-state index >= 15 is 0 Å². The van der Waals surface area contributed by atoms with Crippen molar-refractivity contribution in [3.05, 3.63) is 23.8 Å². The number of piperazine rings is 1. The molecule has 1 N–H and O–H groups in total. The molecule has 36 heavy (non-hydrogen) atoms. The van der Waals surface area contributed by atoms with Crippen molar-refractivity contribution >= 4 is 17.7 Å². The van der Waals surface area contributed by atoms with Crippen molar-refractivity contribution in [1.82, 2.24) is 15.1 Å². The molecule has 1 aliphatic heterocycles. The fourth-order valence-electron chi connectivity index (χ4n) is 4.76. The third-order valence-corrected chi connectivity index (χ3v) is 7.39. The van der Waals surface area contributed by atoms with Gasteiger partial charge in [-0.3, -0.25) is 14.4 Å². The highest BCUT2D eigenvalue weighted by atomic mass is 16.5. The molecule has 8 heteroatoms. The number of hydrogen-bond acceptors (Lipinski definition) is 5. The van der Waals surface area contributed by atoms with E-state index in [-0.39, 0.29) is 35.6 Å². The van der Waals surface area contributed by atoms with Crippen molar-refractivity contribution < 1.29 is 23.9 Å². The van der Waals surface area contributed by atoms with Crippen LogP contribution in [0.25, 0.3) is 0 Å². The predicted molar refractivity (Wildman–Crippen MR) is 141 cm³/mol. The third-order valence-electron chi connectivity index (χ3n) is 7.39. The summed E-state index contributed by atoms with van der Waals surface area (Å²) in [5.74, 6) is 0.680. The standard InChI is InChI=1S/C28H45N3O5/c1-8-11-12-21(10-3)27(33)31-16-15-30(18-20(31)5)28(34)25(19(4)9-2)29-26(32)23-14-13-22(35-6)17-24(23)36-7/h13-14,17,19-21,25H,8-12,15-16,18H2,1-7H3,(H,29,32)/t19-,20+,21-,25+/m0/s1. The molecular weight excluding hydrogens is 458 g/mol. The van der Waals surface area contributed by atoms with Gasteiger partial charge >= 0.3 is 0 Å². The Balaban J connectivity index is 2.14. The molecule has 0 aromatic heterocycles. The highest BCUT2D eigenvalue weighted by Gasteiger charge is 2.36. The molecular formula is C28H45N3O5. The van der Waals surface area contributed by atoms with E-state index in [1.54, 1.807) is 30.2 Å². The van der Waals surface area contributed by atoms with Gasteiger partial charge in [-0.25, -0.2) is 0 Å². The maximum absolute atomic E-state index is 13.6. The monoisotopic (exact) mass is 503 g/mol. The van der Waals surface area contributed by atoms with Gasteiger partial charge in [-0.1, -0.05) is 47.0 Å². The molecule has 1 aromatic carbocycles. The molecule has 0 bridgehead atoms. The van der Waals surface area contributed by atoms with E-state index in [1.807, 2.05) is 25.7 Å². The van der Waals surface area contributed by atoms with Crippen LogP contribution < -0.4 is 14.8 Å². The average molecular weight is 504 g/mol. The van der Waals surface area contributed by atoms with Gasteiger partial charge in [0.1, 0.15) is 17.5 Å². The molecule has 1 aromatic rings. The van der Waals surface area contributed by atoms with Gasteiger partial charge < -0.3 is 24.6 Å². The molecule has 202 valence electrons. The summed E-state index contributed by atoms with van der Waals surface area (Å²) in [4.78, 5) is 43.7. The number of amides is 3. The van der Waals surface area contributed by atoms with E-state index in [2.05, 4.69) is 19.2 Å². The fourth-order valence-corrected chi connectivity index (χ4v) is 4.76. The Kier molecular flexibility index (Phi) is 11.5. The second-order valence-corrected chi connectivity index (χ2v) is 9.82. The lowest BCUT2D eigenvalue weighted by molar-refractivity contribution is -0.146. The van der Waals surface area contributed by atoms with Crippen molar-refractivity contribution in [3.8, 4) is 11.5 Å². The zero-order valence-electron chi connectivity index (χ0n) is 23.1. The molecule has 0 saturated carbocycles. The zero-order valence-corrected chi connectivity index (χ0v) is 23.1. The normalized spacial score (nSPS) is 18.2. The summed E-state index contributed by atoms with van der Waals surface area (Å²) in [6, 6.07) is 4.24. The number of nitrogens with one attached hydrogen (secondary N) is 1. The van der Waals surface area contributed by atoms with E-state index in [1.165, 1.54) is 7.11 Å². The van der Waals surface area contributed by atoms with Gasteiger partial charge in [-0.15, -0.1) is 0 Å². The van der Waals surface area contributed by atoms with Gasteiger partial charge in [-0.05, 0) is 37.8 Å². The first-order valence-electron chi connectivity index (χ1n) is 13.3. The molecule has 3 amide bonds. The number of carbonyl (C=O) groups is 3. The smallest absolute Gasteiger partial charge is 0.255 e. The average Bonchev–Trinajstić information content (AvgIpc) is 2.90. The first-order valence-corrected chi connectivity index (χ1v) is 13.3. The van der Waals surface area contributed by atoms with E-state index < -0.39 is 6.04 Å². The molecule has 1 saturated heterocycles. The fraction of sp³-hybridized carbons (Fsp3) is 0.679. The highest BCUT2D eigenvalue weighted by Crippen LogP contribution is 2.26. The largest absolute Gasteiger partial charge is 0.497 e. The lowest BCUT2D eigenvalue weighted by Crippen LogP contribution is -2.60. The number of methoxy groups -OCH3 is 2. The number of hydrogen-bond donors (Lipinski definition) is 1. The molecule has 1 heterocycles. The molecule has 4 atom stereocenters. The number of ether oxygens (including phenoxy) is 2. The van der Waals surface area contributed by atoms with Gasteiger partial charge in [0, 0.05) is 37.7 Å². The second-order valence-electron chi connectivity index (χ2n) is 9.82. The molecule has 0 unspecified atom stereocenters. The summed E-state index contributed by atoms with van der Waals surface area (Å²) in [6.07, 6.45) is 4.61. The SMILES string of the molecule is CCCC[C@H](CC)C(=O)N1CCN(C(=O)[C@H](NC(=O)c2ccc(OC)cc2OC)[C@@H](C)CC)C[C@H]1C. The van der Waals surface area contributed by atoms with Crippen LogP contribution in [0.5, 0.6) is 11.5 Å². The summed E-state index contributed by atoms with van der Waals surface area (Å²) in [7, 11) is 3.05. The first-order chi connectivity index (χ1) is 17.2. The molecule has 1 fully saturated rings. The van der Waals surface area contributed by atoms with Crippen molar-refractivity contribution in [2.45, 2.75) is 78.8 Å². The predicted octanol–water partition coefficient (Wildman–Crippen LogP) is 4.12. The van der Waals surface area contributed by atoms with Crippen LogP contribution in [0, 0.1) is 11.8 Å². The van der Waals surface area contributed by atoms with Gasteiger partial charge in [-0.2, -0.15) is 0 Å². The minimum Gasteiger partial charge on any atom is -0.497 e. The van der Waals surface area contributed by atoms with Crippen molar-refractivity contribution in [1.29, 1.82) is 0 Å². The molecule has 1 aliphatic rings. The molecule has 8 nitrogen and oxygen atoms in total. The van der Waals surface area contributed by atoms with Crippen LogP contribution in [0.4, 0.5) is 0 Å². The number of carbonyl (C=O) groups excluding carboxylic acids is 3. The maximum Gasteiger partial charge on any atom is 0.255 e. The molecule has 0 aliphatic carbocycles. The van der Waals surface area contributed by atoms with Gasteiger partial charge in [0.05, 0.1) is 19.8 Å². The maximum atomic E-state index is 13.6. The number of nitrogens with zero attached hydrogens (tertiary/aromatic N) is 2. The van der Waals surface area contributed by atoms with Crippen LogP contribution >= 0.6 is 0 Å². The summed E-state index contributed by atoms with van der Waals surface area (Å²) in [5, 5.41) is 2.96. The minimum absolute atomic E-state index is 0.0429. The zero-order chi connectivity index (χ0) is 26.8. The van der Waals surface area contributed by atoms with E-state index in [9.17, 15) is 14.4 Å². The lowest BCUT2D eigenvalue weighted by atomic mass is 9.95. The van der Waals surface area contributed by atoms with Crippen LogP contribution in [0.2, 0.25) is 0 Å². The van der Waals surface area contributed by atoms with Crippen LogP contribution in [0.1, 0.15) is 77.1 Å². The lowest BCUT2D eigenvalue weighted by Gasteiger charge is -2.42. The summed E-state index contributed by atoms with van der Waals surface area (Å²) >= 11 is 0. The Morgan fingerprint density at radius 2 is 1.78 bits per heavy atom. The summed E-state index contributed by atoms with van der Waals surface area (Å²) in [5.41, 5.74) is 0.348. The van der Waals surface area contributed by atoms with Gasteiger partial charge in [0.2, 0.25) is 11.8 Å². The van der Waals surface area contributed by atoms with Crippen molar-refractivity contribution in [2.75, 3.05) is 33.9 Å². The topological polar surface area (TPSA) is 88.2 Å². The van der Waals surface area contributed by atoms with Gasteiger partial charge in [0.15, 0.2) is 0 Å². The molecule has 0 radical (unpaired) electrons. The van der Waals surface area contributed by atoms with Crippen molar-refractivity contribution in [3.63, 3.8) is 0 Å². The third kappa shape index (κ3) is 7.14. The Bertz CT molecular complexity index is 890. The van der Waals surface area contributed by atoms with E-state index in [0.717, 1.165) is 32.1 Å². The molecule has 0 spiro atoms. The quantitative estimate of drug-likeness (QED) is 0.464. The number of rotatable bonds is 12. The summed E-state index contributed by atoms with van der Waals surface area (Å²) in [6.45, 7) is 11.6. The highest BCUT2D eigenvalue weighted by molar-refractivity contribution is 6.00. The van der Waals surface area contributed by atoms with E-state index in [0.29, 0.717) is 36.7 Å². The van der Waals surface area contributed by atoms with E-state index in [4.69, 9.17) is 9.47 Å². The van der Waals surface area contributed by atoms with Crippen LogP contribution in [0.3, 0.4) is 0 Å². The first kappa shape index (κ1) is 29.5. The Morgan fingerprint density at radius 1 is 1.06 bits per heavy atom. The Labute approximate surface area is 216 Å². The Hall–Kier alpha value is -2.77. The van der Waals surface area contributed by atoms with Crippen LogP contribution in [-0.4, -0.2) is 73.5 Å². The van der Waals surface area contributed by atoms with Crippen LogP contribution in [0.15, 0.2) is 18.2 Å². The molecule has 2 rings (SSSR count). The van der Waals surface area contributed by atoms with Gasteiger partial charge in [0.25, 0.3) is 5.91 Å². The second kappa shape index (κ2) is 14.1. The van der Waals surface area contributed by atoms with Crippen LogP contribution in [-0.2, 0) is 9.59 Å². The summed E-state index contributed by atoms with van der Waals surface area (Å²) < 4.78 is 10.6. The Morgan fingerprint density at radius 3 is 2.33 bits per heavy atom. The number of benzene rings is 1. The number of unbranched alkanes of at least 4 members (excludes halogenated alkanes) is 1. The minimum atomic E-state index is -0.670.